The Hall–Kier alpha value is -2.21. The van der Waals surface area contributed by atoms with Gasteiger partial charge in [-0.2, -0.15) is 0 Å². The van der Waals surface area contributed by atoms with Crippen LogP contribution in [0.25, 0.3) is 0 Å². The first-order valence-corrected chi connectivity index (χ1v) is 8.64. The van der Waals surface area contributed by atoms with Crippen LogP contribution in [0.2, 0.25) is 0 Å². The third kappa shape index (κ3) is 4.00. The molecule has 1 aromatic heterocycles. The molecule has 0 amide bonds. The molecule has 1 saturated heterocycles. The summed E-state index contributed by atoms with van der Waals surface area (Å²) in [6.07, 6.45) is 3.26. The van der Waals surface area contributed by atoms with Gasteiger partial charge >= 0.3 is 5.69 Å². The molecule has 1 aliphatic rings. The Bertz CT molecular complexity index is 714. The predicted molar refractivity (Wildman–Crippen MR) is 95.8 cm³/mol. The molecule has 0 radical (unpaired) electrons. The quantitative estimate of drug-likeness (QED) is 0.793. The van der Waals surface area contributed by atoms with E-state index in [4.69, 9.17) is 0 Å². The lowest BCUT2D eigenvalue weighted by atomic mass is 10.2. The lowest BCUT2D eigenvalue weighted by Crippen LogP contribution is -2.46. The smallest absolute Gasteiger partial charge is 0.328 e. The minimum absolute atomic E-state index is 0.0202. The molecule has 1 aliphatic heterocycles. The fraction of sp³-hybridized carbons (Fsp3) is 0.500. The second-order valence-corrected chi connectivity index (χ2v) is 6.48. The highest BCUT2D eigenvalue weighted by Gasteiger charge is 2.16. The number of aromatic hydroxyl groups is 1. The van der Waals surface area contributed by atoms with Crippen molar-refractivity contribution in [3.05, 3.63) is 46.5 Å². The summed E-state index contributed by atoms with van der Waals surface area (Å²) in [5.74, 6) is 0.0202. The fourth-order valence-corrected chi connectivity index (χ4v) is 3.26. The number of aromatic amines is 1. The molecule has 2 heterocycles. The molecule has 6 heteroatoms. The number of nitrogens with zero attached hydrogens (tertiary/aromatic N) is 3. The van der Waals surface area contributed by atoms with E-state index in [-0.39, 0.29) is 11.6 Å². The fourth-order valence-electron chi connectivity index (χ4n) is 3.26. The molecule has 1 aromatic carbocycles. The van der Waals surface area contributed by atoms with Crippen LogP contribution in [0.5, 0.6) is 5.88 Å². The van der Waals surface area contributed by atoms with Gasteiger partial charge in [0, 0.05) is 38.4 Å². The normalized spacial score (nSPS) is 15.8. The van der Waals surface area contributed by atoms with Gasteiger partial charge in [0.2, 0.25) is 5.88 Å². The zero-order valence-electron chi connectivity index (χ0n) is 14.2. The number of rotatable bonds is 6. The lowest BCUT2D eigenvalue weighted by Gasteiger charge is -2.36. The number of piperazine rings is 1. The Labute approximate surface area is 142 Å². The summed E-state index contributed by atoms with van der Waals surface area (Å²) >= 11 is 0. The van der Waals surface area contributed by atoms with Gasteiger partial charge in [0.1, 0.15) is 0 Å². The Kier molecular flexibility index (Phi) is 5.25. The van der Waals surface area contributed by atoms with E-state index in [1.54, 1.807) is 0 Å². The van der Waals surface area contributed by atoms with E-state index >= 15 is 0 Å². The molecule has 6 nitrogen and oxygen atoms in total. The summed E-state index contributed by atoms with van der Waals surface area (Å²) in [7, 11) is 0. The summed E-state index contributed by atoms with van der Waals surface area (Å²) < 4.78 is 1.38. The number of benzene rings is 1. The van der Waals surface area contributed by atoms with Gasteiger partial charge in [0.15, 0.2) is 0 Å². The first-order chi connectivity index (χ1) is 11.6. The average molecular weight is 330 g/mol. The number of aromatic nitrogens is 2. The molecule has 0 unspecified atom stereocenters. The molecule has 130 valence electrons. The zero-order valence-corrected chi connectivity index (χ0v) is 14.2. The van der Waals surface area contributed by atoms with E-state index in [0.29, 0.717) is 6.54 Å². The van der Waals surface area contributed by atoms with Crippen molar-refractivity contribution in [2.75, 3.05) is 37.6 Å². The van der Waals surface area contributed by atoms with Gasteiger partial charge in [0.05, 0.1) is 6.20 Å². The molecule has 0 saturated carbocycles. The molecule has 2 aromatic rings. The standard InChI is InChI=1S/C18H26N4O2/c1-15-5-4-6-16(13-15)21-11-9-20(10-12-21)7-2-3-8-22-17(23)14-19-18(22)24/h4-6,13-14,23H,2-3,7-12H2,1H3,(H,19,24). The Balaban J connectivity index is 1.39. The van der Waals surface area contributed by atoms with Gasteiger partial charge in [-0.3, -0.25) is 9.47 Å². The van der Waals surface area contributed by atoms with E-state index in [0.717, 1.165) is 45.6 Å². The highest BCUT2D eigenvalue weighted by molar-refractivity contribution is 5.48. The lowest BCUT2D eigenvalue weighted by molar-refractivity contribution is 0.250. The number of H-pyrrole nitrogens is 1. The van der Waals surface area contributed by atoms with Gasteiger partial charge in [-0.1, -0.05) is 12.1 Å². The Morgan fingerprint density at radius 2 is 1.88 bits per heavy atom. The summed E-state index contributed by atoms with van der Waals surface area (Å²) in [6, 6.07) is 8.68. The minimum Gasteiger partial charge on any atom is -0.493 e. The van der Waals surface area contributed by atoms with Crippen molar-refractivity contribution in [2.45, 2.75) is 26.3 Å². The van der Waals surface area contributed by atoms with Gasteiger partial charge < -0.3 is 15.0 Å². The second-order valence-electron chi connectivity index (χ2n) is 6.48. The van der Waals surface area contributed by atoms with Crippen LogP contribution in [-0.2, 0) is 6.54 Å². The van der Waals surface area contributed by atoms with Crippen molar-refractivity contribution in [2.24, 2.45) is 0 Å². The maximum absolute atomic E-state index is 11.5. The SMILES string of the molecule is Cc1cccc(N2CCN(CCCCn3c(O)c[nH]c3=O)CC2)c1. The van der Waals surface area contributed by atoms with E-state index < -0.39 is 0 Å². The number of aryl methyl sites for hydroxylation is 1. The average Bonchev–Trinajstić information content (AvgIpc) is 2.91. The van der Waals surface area contributed by atoms with Crippen molar-refractivity contribution >= 4 is 5.69 Å². The predicted octanol–water partition coefficient (Wildman–Crippen LogP) is 1.79. The van der Waals surface area contributed by atoms with E-state index in [2.05, 4.69) is 46.0 Å². The molecule has 1 fully saturated rings. The number of hydrogen-bond donors (Lipinski definition) is 2. The van der Waals surface area contributed by atoms with Crippen molar-refractivity contribution in [3.63, 3.8) is 0 Å². The maximum Gasteiger partial charge on any atom is 0.328 e. The number of imidazole rings is 1. The molecular weight excluding hydrogens is 304 g/mol. The summed E-state index contributed by atoms with van der Waals surface area (Å²) in [4.78, 5) is 18.9. The summed E-state index contributed by atoms with van der Waals surface area (Å²) in [6.45, 7) is 8.00. The van der Waals surface area contributed by atoms with Gasteiger partial charge in [-0.15, -0.1) is 0 Å². The zero-order chi connectivity index (χ0) is 16.9. The molecule has 0 atom stereocenters. The van der Waals surface area contributed by atoms with Crippen molar-refractivity contribution in [3.8, 4) is 5.88 Å². The number of hydrogen-bond acceptors (Lipinski definition) is 4. The molecule has 0 aliphatic carbocycles. The first kappa shape index (κ1) is 16.6. The van der Waals surface area contributed by atoms with Crippen LogP contribution in [0.4, 0.5) is 5.69 Å². The molecule has 0 spiro atoms. The van der Waals surface area contributed by atoms with Gasteiger partial charge in [0.25, 0.3) is 0 Å². The third-order valence-electron chi connectivity index (χ3n) is 4.69. The number of unbranched alkanes of at least 4 members (excludes halogenated alkanes) is 1. The topological polar surface area (TPSA) is 64.5 Å². The first-order valence-electron chi connectivity index (χ1n) is 8.64. The number of anilines is 1. The largest absolute Gasteiger partial charge is 0.493 e. The Morgan fingerprint density at radius 1 is 1.12 bits per heavy atom. The highest BCUT2D eigenvalue weighted by atomic mass is 16.3. The van der Waals surface area contributed by atoms with E-state index in [1.165, 1.54) is 22.0 Å². The van der Waals surface area contributed by atoms with Crippen molar-refractivity contribution in [1.29, 1.82) is 0 Å². The van der Waals surface area contributed by atoms with Crippen LogP contribution in [0, 0.1) is 6.92 Å². The molecule has 2 N–H and O–H groups in total. The minimum atomic E-state index is -0.237. The molecule has 24 heavy (non-hydrogen) atoms. The van der Waals surface area contributed by atoms with E-state index in [1.807, 2.05) is 0 Å². The second kappa shape index (κ2) is 7.57. The maximum atomic E-state index is 11.5. The molecule has 0 bridgehead atoms. The van der Waals surface area contributed by atoms with E-state index in [9.17, 15) is 9.90 Å². The van der Waals surface area contributed by atoms with Crippen LogP contribution < -0.4 is 10.6 Å². The van der Waals surface area contributed by atoms with Gasteiger partial charge in [-0.25, -0.2) is 4.79 Å². The summed E-state index contributed by atoms with van der Waals surface area (Å²) in [5, 5.41) is 9.55. The van der Waals surface area contributed by atoms with Crippen LogP contribution in [0.3, 0.4) is 0 Å². The van der Waals surface area contributed by atoms with Crippen LogP contribution in [0.1, 0.15) is 18.4 Å². The Morgan fingerprint density at radius 3 is 2.54 bits per heavy atom. The molecule has 3 rings (SSSR count). The number of nitrogens with one attached hydrogen (secondary N) is 1. The summed E-state index contributed by atoms with van der Waals surface area (Å²) in [5.41, 5.74) is 2.38. The monoisotopic (exact) mass is 330 g/mol. The van der Waals surface area contributed by atoms with Crippen LogP contribution >= 0.6 is 0 Å². The molecular formula is C18H26N4O2. The van der Waals surface area contributed by atoms with Crippen molar-refractivity contribution in [1.82, 2.24) is 14.5 Å². The van der Waals surface area contributed by atoms with Gasteiger partial charge in [-0.05, 0) is 44.0 Å². The van der Waals surface area contributed by atoms with Crippen LogP contribution in [0.15, 0.2) is 35.3 Å². The third-order valence-corrected chi connectivity index (χ3v) is 4.69. The highest BCUT2D eigenvalue weighted by Crippen LogP contribution is 2.18. The van der Waals surface area contributed by atoms with Crippen molar-refractivity contribution < 1.29 is 5.11 Å². The van der Waals surface area contributed by atoms with Crippen LogP contribution in [-0.4, -0.2) is 52.3 Å².